The van der Waals surface area contributed by atoms with Crippen LogP contribution in [0, 0.1) is 6.92 Å². The second-order valence-corrected chi connectivity index (χ2v) is 3.38. The Kier molecular flexibility index (Phi) is 3.77. The first-order chi connectivity index (χ1) is 6.69. The van der Waals surface area contributed by atoms with E-state index in [4.69, 9.17) is 4.74 Å². The summed E-state index contributed by atoms with van der Waals surface area (Å²) in [5, 5.41) is 3.11. The van der Waals surface area contributed by atoms with E-state index < -0.39 is 0 Å². The molecule has 0 radical (unpaired) electrons. The van der Waals surface area contributed by atoms with Gasteiger partial charge in [-0.2, -0.15) is 0 Å². The molecule has 1 N–H and O–H groups in total. The van der Waals surface area contributed by atoms with Gasteiger partial charge in [-0.25, -0.2) is 0 Å². The maximum absolute atomic E-state index is 5.30. The molecule has 3 nitrogen and oxygen atoms in total. The van der Waals surface area contributed by atoms with Gasteiger partial charge >= 0.3 is 0 Å². The molecule has 0 amide bonds. The number of hydrogen-bond acceptors (Lipinski definition) is 3. The van der Waals surface area contributed by atoms with Crippen LogP contribution in [-0.2, 0) is 0 Å². The van der Waals surface area contributed by atoms with Crippen LogP contribution in [0.15, 0.2) is 18.2 Å². The van der Waals surface area contributed by atoms with Crippen LogP contribution in [0.1, 0.15) is 5.56 Å². The first-order valence-electron chi connectivity index (χ1n) is 4.69. The van der Waals surface area contributed by atoms with Crippen LogP contribution >= 0.6 is 0 Å². The Morgan fingerprint density at radius 1 is 1.43 bits per heavy atom. The average molecular weight is 194 g/mol. The minimum Gasteiger partial charge on any atom is -0.495 e. The van der Waals surface area contributed by atoms with Crippen molar-refractivity contribution >= 4 is 5.69 Å². The highest BCUT2D eigenvalue weighted by molar-refractivity contribution is 5.59. The third-order valence-corrected chi connectivity index (χ3v) is 2.14. The number of hydrogen-bond donors (Lipinski definition) is 1. The fraction of sp³-hybridized carbons (Fsp3) is 0.455. The van der Waals surface area contributed by atoms with E-state index in [1.54, 1.807) is 7.11 Å². The smallest absolute Gasteiger partial charge is 0.142 e. The molecule has 14 heavy (non-hydrogen) atoms. The minimum atomic E-state index is 0.805. The number of nitrogens with zero attached hydrogens (tertiary/aromatic N) is 1. The van der Waals surface area contributed by atoms with Gasteiger partial charge in [0.05, 0.1) is 19.5 Å². The summed E-state index contributed by atoms with van der Waals surface area (Å²) in [5.74, 6) is 0.911. The van der Waals surface area contributed by atoms with Crippen LogP contribution < -0.4 is 15.0 Å². The lowest BCUT2D eigenvalue weighted by Crippen LogP contribution is -2.28. The lowest BCUT2D eigenvalue weighted by molar-refractivity contribution is 0.414. The van der Waals surface area contributed by atoms with E-state index in [0.29, 0.717) is 0 Å². The van der Waals surface area contributed by atoms with Gasteiger partial charge in [-0.05, 0) is 31.7 Å². The first-order valence-corrected chi connectivity index (χ1v) is 4.69. The fourth-order valence-corrected chi connectivity index (χ4v) is 1.42. The Hall–Kier alpha value is -1.22. The number of aryl methyl sites for hydroxylation is 1. The highest BCUT2D eigenvalue weighted by atomic mass is 16.5. The molecular formula is C11H18N2O. The van der Waals surface area contributed by atoms with Gasteiger partial charge in [-0.15, -0.1) is 0 Å². The van der Waals surface area contributed by atoms with Gasteiger partial charge < -0.3 is 15.0 Å². The summed E-state index contributed by atoms with van der Waals surface area (Å²) in [7, 11) is 5.66. The van der Waals surface area contributed by atoms with E-state index in [-0.39, 0.29) is 0 Å². The Morgan fingerprint density at radius 2 is 2.14 bits per heavy atom. The van der Waals surface area contributed by atoms with Crippen molar-refractivity contribution in [1.29, 1.82) is 0 Å². The Bertz CT molecular complexity index is 299. The molecule has 0 spiro atoms. The maximum atomic E-state index is 5.30. The average Bonchev–Trinajstić information content (AvgIpc) is 2.18. The molecule has 0 bridgehead atoms. The third-order valence-electron chi connectivity index (χ3n) is 2.14. The number of ether oxygens (including phenoxy) is 1. The zero-order valence-electron chi connectivity index (χ0n) is 9.29. The molecule has 78 valence electrons. The van der Waals surface area contributed by atoms with Gasteiger partial charge in [0.15, 0.2) is 0 Å². The largest absolute Gasteiger partial charge is 0.495 e. The Morgan fingerprint density at radius 3 is 2.71 bits per heavy atom. The Balaban J connectivity index is 2.97. The van der Waals surface area contributed by atoms with Crippen LogP contribution in [0.3, 0.4) is 0 Å². The molecule has 1 aromatic rings. The van der Waals surface area contributed by atoms with Crippen molar-refractivity contribution in [3.05, 3.63) is 23.8 Å². The molecule has 0 atom stereocenters. The monoisotopic (exact) mass is 194 g/mol. The SMILES string of the molecule is CNCN(C)c1cc(C)ccc1OC. The summed E-state index contributed by atoms with van der Waals surface area (Å²) in [4.78, 5) is 2.12. The minimum absolute atomic E-state index is 0.805. The van der Waals surface area contributed by atoms with Crippen molar-refractivity contribution < 1.29 is 4.74 Å². The lowest BCUT2D eigenvalue weighted by Gasteiger charge is -2.21. The molecule has 0 aliphatic rings. The van der Waals surface area contributed by atoms with Gasteiger partial charge in [-0.3, -0.25) is 0 Å². The molecular weight excluding hydrogens is 176 g/mol. The van der Waals surface area contributed by atoms with Crippen molar-refractivity contribution in [1.82, 2.24) is 5.32 Å². The summed E-state index contributed by atoms with van der Waals surface area (Å²) in [5.41, 5.74) is 2.35. The van der Waals surface area contributed by atoms with Gasteiger partial charge in [0.2, 0.25) is 0 Å². The second kappa shape index (κ2) is 4.86. The normalized spacial score (nSPS) is 10.0. The first kappa shape index (κ1) is 10.9. The molecule has 0 fully saturated rings. The summed E-state index contributed by atoms with van der Waals surface area (Å²) in [6.07, 6.45) is 0. The highest BCUT2D eigenvalue weighted by Crippen LogP contribution is 2.27. The van der Waals surface area contributed by atoms with Crippen LogP contribution in [0.25, 0.3) is 0 Å². The highest BCUT2D eigenvalue weighted by Gasteiger charge is 2.06. The van der Waals surface area contributed by atoms with Crippen molar-refractivity contribution in [3.8, 4) is 5.75 Å². The van der Waals surface area contributed by atoms with Crippen molar-refractivity contribution in [2.75, 3.05) is 32.8 Å². The van der Waals surface area contributed by atoms with Crippen LogP contribution in [0.2, 0.25) is 0 Å². The quantitative estimate of drug-likeness (QED) is 0.737. The molecule has 0 saturated carbocycles. The molecule has 0 aliphatic carbocycles. The molecule has 0 saturated heterocycles. The van der Waals surface area contributed by atoms with Crippen LogP contribution in [0.4, 0.5) is 5.69 Å². The number of anilines is 1. The number of nitrogens with one attached hydrogen (secondary N) is 1. The van der Waals surface area contributed by atoms with Crippen LogP contribution in [0.5, 0.6) is 5.75 Å². The number of methoxy groups -OCH3 is 1. The third kappa shape index (κ3) is 2.39. The van der Waals surface area contributed by atoms with Crippen LogP contribution in [-0.4, -0.2) is 27.9 Å². The fourth-order valence-electron chi connectivity index (χ4n) is 1.42. The number of benzene rings is 1. The zero-order valence-corrected chi connectivity index (χ0v) is 9.29. The molecule has 1 aromatic carbocycles. The van der Waals surface area contributed by atoms with Crippen molar-refractivity contribution in [2.24, 2.45) is 0 Å². The van der Waals surface area contributed by atoms with Gasteiger partial charge in [0.1, 0.15) is 5.75 Å². The maximum Gasteiger partial charge on any atom is 0.142 e. The molecule has 0 aromatic heterocycles. The number of rotatable bonds is 4. The topological polar surface area (TPSA) is 24.5 Å². The van der Waals surface area contributed by atoms with Gasteiger partial charge in [-0.1, -0.05) is 6.07 Å². The van der Waals surface area contributed by atoms with Gasteiger partial charge in [0.25, 0.3) is 0 Å². The molecule has 0 unspecified atom stereocenters. The predicted octanol–water partition coefficient (Wildman–Crippen LogP) is 1.62. The summed E-state index contributed by atoms with van der Waals surface area (Å²) >= 11 is 0. The van der Waals surface area contributed by atoms with Gasteiger partial charge in [0, 0.05) is 7.05 Å². The van der Waals surface area contributed by atoms with Crippen molar-refractivity contribution in [3.63, 3.8) is 0 Å². The summed E-state index contributed by atoms with van der Waals surface area (Å²) < 4.78 is 5.30. The Labute approximate surface area is 85.7 Å². The van der Waals surface area contributed by atoms with E-state index in [1.807, 2.05) is 20.2 Å². The lowest BCUT2D eigenvalue weighted by atomic mass is 10.2. The molecule has 0 heterocycles. The molecule has 1 rings (SSSR count). The van der Waals surface area contributed by atoms with E-state index >= 15 is 0 Å². The van der Waals surface area contributed by atoms with E-state index in [0.717, 1.165) is 18.1 Å². The molecule has 0 aliphatic heterocycles. The van der Waals surface area contributed by atoms with Crippen molar-refractivity contribution in [2.45, 2.75) is 6.92 Å². The summed E-state index contributed by atoms with van der Waals surface area (Å²) in [6.45, 7) is 2.88. The van der Waals surface area contributed by atoms with E-state index in [9.17, 15) is 0 Å². The zero-order chi connectivity index (χ0) is 10.6. The molecule has 3 heteroatoms. The summed E-state index contributed by atoms with van der Waals surface area (Å²) in [6, 6.07) is 6.17. The van der Waals surface area contributed by atoms with E-state index in [1.165, 1.54) is 5.56 Å². The second-order valence-electron chi connectivity index (χ2n) is 3.38. The van der Waals surface area contributed by atoms with E-state index in [2.05, 4.69) is 29.3 Å². The predicted molar refractivity (Wildman–Crippen MR) is 60.1 cm³/mol. The standard InChI is InChI=1S/C11H18N2O/c1-9-5-6-11(14-4)10(7-9)13(3)8-12-2/h5-7,12H,8H2,1-4H3.